The van der Waals surface area contributed by atoms with Crippen LogP contribution in [0.4, 0.5) is 23.4 Å². The van der Waals surface area contributed by atoms with E-state index >= 15 is 0 Å². The second kappa shape index (κ2) is 7.19. The molecule has 1 fully saturated rings. The van der Waals surface area contributed by atoms with Crippen LogP contribution in [0.15, 0.2) is 16.7 Å². The lowest BCUT2D eigenvalue weighted by Crippen LogP contribution is -2.46. The van der Waals surface area contributed by atoms with Gasteiger partial charge in [-0.25, -0.2) is 9.37 Å². The topological polar surface area (TPSA) is 81.1 Å². The molecule has 0 saturated carbocycles. The van der Waals surface area contributed by atoms with Gasteiger partial charge in [-0.15, -0.1) is 0 Å². The maximum atomic E-state index is 14.7. The Morgan fingerprint density at radius 3 is 2.53 bits per heavy atom. The van der Waals surface area contributed by atoms with Crippen molar-refractivity contribution in [2.24, 2.45) is 5.73 Å². The number of nitrogens with two attached hydrogens (primary N) is 1. The number of halogens is 4. The van der Waals surface area contributed by atoms with Gasteiger partial charge in [0.15, 0.2) is 5.82 Å². The number of hydrogen-bond donors (Lipinski definition) is 1. The Labute approximate surface area is 170 Å². The van der Waals surface area contributed by atoms with E-state index in [1.54, 1.807) is 13.8 Å². The summed E-state index contributed by atoms with van der Waals surface area (Å²) in [7, 11) is 0. The Morgan fingerprint density at radius 1 is 1.20 bits per heavy atom. The maximum Gasteiger partial charge on any atom is 0.416 e. The number of alkyl halides is 3. The summed E-state index contributed by atoms with van der Waals surface area (Å²) in [5.74, 6) is -0.116. The third-order valence-electron chi connectivity index (χ3n) is 5.54. The number of hydrogen-bond acceptors (Lipinski definition) is 6. The Kier molecular flexibility index (Phi) is 4.92. The van der Waals surface area contributed by atoms with Crippen LogP contribution in [0.2, 0.25) is 0 Å². The molecule has 1 aromatic carbocycles. The number of aryl methyl sites for hydroxylation is 2. The fourth-order valence-electron chi connectivity index (χ4n) is 4.01. The lowest BCUT2D eigenvalue weighted by atomic mass is 9.96. The van der Waals surface area contributed by atoms with Crippen molar-refractivity contribution in [3.05, 3.63) is 34.9 Å². The van der Waals surface area contributed by atoms with Crippen molar-refractivity contribution in [2.45, 2.75) is 51.9 Å². The highest BCUT2D eigenvalue weighted by molar-refractivity contribution is 5.93. The molecule has 4 rings (SSSR count). The van der Waals surface area contributed by atoms with Gasteiger partial charge in [-0.2, -0.15) is 18.2 Å². The molecule has 2 aromatic heterocycles. The minimum absolute atomic E-state index is 0.00150. The zero-order valence-electron chi connectivity index (χ0n) is 16.7. The van der Waals surface area contributed by atoms with Gasteiger partial charge in [0.2, 0.25) is 0 Å². The first-order valence-electron chi connectivity index (χ1n) is 9.60. The standard InChI is InChI=1S/C20H21F4N5O/c1-9-6-13(25)4-5-29(9)18-16(19-26-11(3)28-30-19)10(2)14-7-12(20(22,23)24)8-15(21)17(14)27-18/h7-9,13H,4-6,25H2,1-3H3. The van der Waals surface area contributed by atoms with Gasteiger partial charge >= 0.3 is 6.18 Å². The fourth-order valence-corrected chi connectivity index (χ4v) is 4.01. The van der Waals surface area contributed by atoms with Gasteiger partial charge in [-0.05, 0) is 51.3 Å². The third-order valence-corrected chi connectivity index (χ3v) is 5.54. The molecule has 6 nitrogen and oxygen atoms in total. The number of anilines is 1. The van der Waals surface area contributed by atoms with Crippen LogP contribution in [0.1, 0.15) is 36.7 Å². The molecular weight excluding hydrogens is 402 g/mol. The van der Waals surface area contributed by atoms with Gasteiger partial charge in [0.25, 0.3) is 5.89 Å². The average Bonchev–Trinajstić information content (AvgIpc) is 3.07. The van der Waals surface area contributed by atoms with Crippen LogP contribution in [0.5, 0.6) is 0 Å². The van der Waals surface area contributed by atoms with Crippen molar-refractivity contribution < 1.29 is 22.1 Å². The molecule has 2 atom stereocenters. The SMILES string of the molecule is Cc1noc(-c2c(N3CCC(N)CC3C)nc3c(F)cc(C(F)(F)F)cc3c2C)n1. The molecule has 3 aromatic rings. The number of piperidine rings is 1. The summed E-state index contributed by atoms with van der Waals surface area (Å²) in [6.45, 7) is 5.80. The van der Waals surface area contributed by atoms with E-state index in [2.05, 4.69) is 15.1 Å². The molecule has 1 aliphatic rings. The first-order valence-corrected chi connectivity index (χ1v) is 9.60. The summed E-state index contributed by atoms with van der Waals surface area (Å²) in [6, 6.07) is 1.42. The molecule has 2 unspecified atom stereocenters. The zero-order valence-corrected chi connectivity index (χ0v) is 16.7. The average molecular weight is 423 g/mol. The number of rotatable bonds is 2. The molecular formula is C20H21F4N5O. The molecule has 0 spiro atoms. The minimum atomic E-state index is -4.68. The fraction of sp³-hybridized carbons (Fsp3) is 0.450. The smallest absolute Gasteiger partial charge is 0.353 e. The second-order valence-electron chi connectivity index (χ2n) is 7.76. The number of fused-ring (bicyclic) bond motifs is 1. The normalized spacial score (nSPS) is 20.2. The predicted octanol–water partition coefficient (Wildman–Crippen LogP) is 4.38. The van der Waals surface area contributed by atoms with Crippen LogP contribution in [-0.2, 0) is 6.18 Å². The molecule has 1 aliphatic heterocycles. The minimum Gasteiger partial charge on any atom is -0.353 e. The van der Waals surface area contributed by atoms with E-state index in [4.69, 9.17) is 10.3 Å². The molecule has 0 bridgehead atoms. The summed E-state index contributed by atoms with van der Waals surface area (Å²) in [6.07, 6.45) is -3.27. The third kappa shape index (κ3) is 3.49. The summed E-state index contributed by atoms with van der Waals surface area (Å²) < 4.78 is 59.9. The lowest BCUT2D eigenvalue weighted by Gasteiger charge is -2.38. The van der Waals surface area contributed by atoms with Crippen molar-refractivity contribution in [1.82, 2.24) is 15.1 Å². The summed E-state index contributed by atoms with van der Waals surface area (Å²) in [4.78, 5) is 10.7. The van der Waals surface area contributed by atoms with Crippen LogP contribution in [0.25, 0.3) is 22.4 Å². The Bertz CT molecular complexity index is 1110. The van der Waals surface area contributed by atoms with E-state index in [0.717, 1.165) is 6.07 Å². The molecule has 0 amide bonds. The van der Waals surface area contributed by atoms with Crippen molar-refractivity contribution in [2.75, 3.05) is 11.4 Å². The molecule has 3 heterocycles. The highest BCUT2D eigenvalue weighted by atomic mass is 19.4. The monoisotopic (exact) mass is 423 g/mol. The second-order valence-corrected chi connectivity index (χ2v) is 7.76. The van der Waals surface area contributed by atoms with Crippen LogP contribution < -0.4 is 10.6 Å². The summed E-state index contributed by atoms with van der Waals surface area (Å²) >= 11 is 0. The predicted molar refractivity (Wildman–Crippen MR) is 103 cm³/mol. The van der Waals surface area contributed by atoms with Crippen molar-refractivity contribution in [3.63, 3.8) is 0 Å². The molecule has 10 heteroatoms. The van der Waals surface area contributed by atoms with Crippen LogP contribution in [0.3, 0.4) is 0 Å². The van der Waals surface area contributed by atoms with Gasteiger partial charge in [-0.1, -0.05) is 5.16 Å². The van der Waals surface area contributed by atoms with E-state index in [9.17, 15) is 17.6 Å². The summed E-state index contributed by atoms with van der Waals surface area (Å²) in [5.41, 5.74) is 5.67. The van der Waals surface area contributed by atoms with Crippen LogP contribution in [0, 0.1) is 19.7 Å². The zero-order chi connectivity index (χ0) is 21.8. The summed E-state index contributed by atoms with van der Waals surface area (Å²) in [5, 5.41) is 3.85. The molecule has 30 heavy (non-hydrogen) atoms. The molecule has 0 aliphatic carbocycles. The quantitative estimate of drug-likeness (QED) is 0.617. The van der Waals surface area contributed by atoms with Gasteiger partial charge in [0, 0.05) is 24.0 Å². The largest absolute Gasteiger partial charge is 0.416 e. The molecule has 2 N–H and O–H groups in total. The maximum absolute atomic E-state index is 14.7. The van der Waals surface area contributed by atoms with Gasteiger partial charge in [-0.3, -0.25) is 0 Å². The van der Waals surface area contributed by atoms with E-state index in [0.29, 0.717) is 48.2 Å². The molecule has 160 valence electrons. The first kappa shape index (κ1) is 20.5. The van der Waals surface area contributed by atoms with Crippen LogP contribution in [-0.4, -0.2) is 33.8 Å². The molecule has 0 radical (unpaired) electrons. The van der Waals surface area contributed by atoms with Crippen molar-refractivity contribution in [3.8, 4) is 11.5 Å². The van der Waals surface area contributed by atoms with E-state index in [1.165, 1.54) is 0 Å². The Balaban J connectivity index is 2.01. The highest BCUT2D eigenvalue weighted by Gasteiger charge is 2.34. The molecule has 1 saturated heterocycles. The Hall–Kier alpha value is -2.75. The number of pyridine rings is 1. The first-order chi connectivity index (χ1) is 14.1. The number of benzene rings is 1. The van der Waals surface area contributed by atoms with E-state index < -0.39 is 17.6 Å². The van der Waals surface area contributed by atoms with Crippen LogP contribution >= 0.6 is 0 Å². The van der Waals surface area contributed by atoms with E-state index in [-0.39, 0.29) is 28.9 Å². The highest BCUT2D eigenvalue weighted by Crippen LogP contribution is 2.40. The van der Waals surface area contributed by atoms with E-state index in [1.807, 2.05) is 11.8 Å². The Morgan fingerprint density at radius 2 is 1.93 bits per heavy atom. The van der Waals surface area contributed by atoms with Gasteiger partial charge in [0.05, 0.1) is 11.1 Å². The number of aromatic nitrogens is 3. The van der Waals surface area contributed by atoms with Gasteiger partial charge < -0.3 is 15.2 Å². The van der Waals surface area contributed by atoms with Crippen molar-refractivity contribution in [1.29, 1.82) is 0 Å². The number of nitrogens with zero attached hydrogens (tertiary/aromatic N) is 4. The lowest BCUT2D eigenvalue weighted by molar-refractivity contribution is -0.137. The van der Waals surface area contributed by atoms with Gasteiger partial charge in [0.1, 0.15) is 17.2 Å². The van der Waals surface area contributed by atoms with Crippen molar-refractivity contribution >= 4 is 16.7 Å².